The van der Waals surface area contributed by atoms with Crippen molar-refractivity contribution < 1.29 is 14.3 Å². The summed E-state index contributed by atoms with van der Waals surface area (Å²) in [5, 5.41) is 0. The van der Waals surface area contributed by atoms with Gasteiger partial charge in [-0.25, -0.2) is 0 Å². The van der Waals surface area contributed by atoms with E-state index in [4.69, 9.17) is 9.47 Å². The summed E-state index contributed by atoms with van der Waals surface area (Å²) >= 11 is 0. The highest BCUT2D eigenvalue weighted by Crippen LogP contribution is 2.21. The second kappa shape index (κ2) is 18.8. The Morgan fingerprint density at radius 1 is 0.800 bits per heavy atom. The first kappa shape index (κ1) is 28.8. The van der Waals surface area contributed by atoms with E-state index in [-0.39, 0.29) is 5.97 Å². The summed E-state index contributed by atoms with van der Waals surface area (Å²) in [6.07, 6.45) is 20.4. The standard InChI is InChI=1S/C31H45NO3/c1-3-5-6-7-8-9-10-11-14-17-31(33)35-29-22-23-30(32-26-29)28-20-18-27(19-21-28)16-13-12-15-25-34-24-4-2/h11,14,18-23,26H,3-10,12-13,15-17,24-25H2,1-2H3. The number of esters is 1. The molecule has 4 heteroatoms. The van der Waals surface area contributed by atoms with E-state index in [0.717, 1.165) is 50.2 Å². The molecular formula is C31H45NO3. The molecule has 4 nitrogen and oxygen atoms in total. The Kier molecular flexibility index (Phi) is 15.5. The maximum Gasteiger partial charge on any atom is 0.315 e. The van der Waals surface area contributed by atoms with Crippen molar-refractivity contribution in [3.63, 3.8) is 0 Å². The van der Waals surface area contributed by atoms with E-state index in [2.05, 4.69) is 49.2 Å². The van der Waals surface area contributed by atoms with Gasteiger partial charge in [-0.05, 0) is 56.2 Å². The Balaban J connectivity index is 1.65. The third-order valence-corrected chi connectivity index (χ3v) is 6.00. The minimum absolute atomic E-state index is 0.250. The molecule has 0 bridgehead atoms. The Bertz CT molecular complexity index is 827. The van der Waals surface area contributed by atoms with Crippen molar-refractivity contribution in [2.75, 3.05) is 13.2 Å². The molecule has 0 spiro atoms. The maximum atomic E-state index is 12.1. The van der Waals surface area contributed by atoms with Crippen LogP contribution >= 0.6 is 0 Å². The monoisotopic (exact) mass is 479 g/mol. The van der Waals surface area contributed by atoms with Gasteiger partial charge in [0.2, 0.25) is 0 Å². The van der Waals surface area contributed by atoms with Crippen molar-refractivity contribution in [2.24, 2.45) is 0 Å². The molecule has 35 heavy (non-hydrogen) atoms. The van der Waals surface area contributed by atoms with Crippen LogP contribution in [0.4, 0.5) is 0 Å². The minimum atomic E-state index is -0.250. The van der Waals surface area contributed by atoms with Crippen LogP contribution in [-0.4, -0.2) is 24.2 Å². The lowest BCUT2D eigenvalue weighted by Crippen LogP contribution is -2.06. The van der Waals surface area contributed by atoms with Gasteiger partial charge in [0.05, 0.1) is 18.3 Å². The van der Waals surface area contributed by atoms with Gasteiger partial charge in [-0.1, -0.05) is 88.8 Å². The van der Waals surface area contributed by atoms with E-state index in [0.29, 0.717) is 12.2 Å². The molecule has 1 aromatic heterocycles. The molecule has 0 N–H and O–H groups in total. The average Bonchev–Trinajstić information content (AvgIpc) is 2.88. The van der Waals surface area contributed by atoms with Crippen LogP contribution in [0.5, 0.6) is 5.75 Å². The molecule has 0 aliphatic heterocycles. The lowest BCUT2D eigenvalue weighted by atomic mass is 10.0. The Hall–Kier alpha value is -2.46. The van der Waals surface area contributed by atoms with Crippen LogP contribution in [0.15, 0.2) is 54.7 Å². The number of carbonyl (C=O) groups is 1. The molecule has 1 heterocycles. The van der Waals surface area contributed by atoms with Gasteiger partial charge in [-0.2, -0.15) is 0 Å². The van der Waals surface area contributed by atoms with Crippen LogP contribution in [0.25, 0.3) is 11.3 Å². The number of aryl methyl sites for hydroxylation is 1. The normalized spacial score (nSPS) is 11.3. The first-order chi connectivity index (χ1) is 17.2. The zero-order chi connectivity index (χ0) is 25.0. The molecule has 0 fully saturated rings. The van der Waals surface area contributed by atoms with Crippen molar-refractivity contribution in [1.29, 1.82) is 0 Å². The summed E-state index contributed by atoms with van der Waals surface area (Å²) in [5.74, 6) is 0.239. The number of hydrogen-bond donors (Lipinski definition) is 0. The van der Waals surface area contributed by atoms with Gasteiger partial charge < -0.3 is 9.47 Å². The zero-order valence-corrected chi connectivity index (χ0v) is 22.0. The fourth-order valence-corrected chi connectivity index (χ4v) is 3.92. The van der Waals surface area contributed by atoms with Gasteiger partial charge in [0.1, 0.15) is 5.75 Å². The van der Waals surface area contributed by atoms with E-state index in [1.54, 1.807) is 6.20 Å². The van der Waals surface area contributed by atoms with Crippen LogP contribution in [0, 0.1) is 0 Å². The second-order valence-corrected chi connectivity index (χ2v) is 9.21. The molecule has 0 unspecified atom stereocenters. The molecule has 0 saturated heterocycles. The molecule has 0 saturated carbocycles. The number of pyridine rings is 1. The van der Waals surface area contributed by atoms with Gasteiger partial charge >= 0.3 is 5.97 Å². The lowest BCUT2D eigenvalue weighted by molar-refractivity contribution is -0.133. The summed E-state index contributed by atoms with van der Waals surface area (Å²) in [7, 11) is 0. The van der Waals surface area contributed by atoms with Crippen molar-refractivity contribution in [3.8, 4) is 17.0 Å². The molecule has 2 aromatic rings. The quantitative estimate of drug-likeness (QED) is 0.115. The van der Waals surface area contributed by atoms with Crippen LogP contribution in [0.1, 0.15) is 96.5 Å². The highest BCUT2D eigenvalue weighted by molar-refractivity contribution is 5.74. The van der Waals surface area contributed by atoms with E-state index in [1.807, 2.05) is 18.2 Å². The first-order valence-electron chi connectivity index (χ1n) is 13.7. The molecule has 192 valence electrons. The largest absolute Gasteiger partial charge is 0.425 e. The predicted molar refractivity (Wildman–Crippen MR) is 146 cm³/mol. The fourth-order valence-electron chi connectivity index (χ4n) is 3.92. The van der Waals surface area contributed by atoms with Crippen molar-refractivity contribution in [1.82, 2.24) is 4.98 Å². The summed E-state index contributed by atoms with van der Waals surface area (Å²) < 4.78 is 11.0. The highest BCUT2D eigenvalue weighted by atomic mass is 16.5. The molecule has 0 radical (unpaired) electrons. The maximum absolute atomic E-state index is 12.1. The number of rotatable bonds is 19. The van der Waals surface area contributed by atoms with Gasteiger partial charge in [0.15, 0.2) is 0 Å². The van der Waals surface area contributed by atoms with E-state index in [1.165, 1.54) is 56.9 Å². The summed E-state index contributed by atoms with van der Waals surface area (Å²) in [4.78, 5) is 16.6. The van der Waals surface area contributed by atoms with Crippen LogP contribution < -0.4 is 4.74 Å². The van der Waals surface area contributed by atoms with Crippen LogP contribution in [0.3, 0.4) is 0 Å². The zero-order valence-electron chi connectivity index (χ0n) is 22.0. The SMILES string of the molecule is CCCCCCCCC=CCC(=O)Oc1ccc(-c2ccc(CCCCCOCCC)cc2)nc1. The highest BCUT2D eigenvalue weighted by Gasteiger charge is 2.05. The number of unbranched alkanes of at least 4 members (excludes halogenated alkanes) is 8. The molecule has 2 rings (SSSR count). The number of hydrogen-bond acceptors (Lipinski definition) is 4. The number of ether oxygens (including phenoxy) is 2. The smallest absolute Gasteiger partial charge is 0.315 e. The summed E-state index contributed by atoms with van der Waals surface area (Å²) in [5.41, 5.74) is 3.29. The minimum Gasteiger partial charge on any atom is -0.425 e. The van der Waals surface area contributed by atoms with Gasteiger partial charge in [-0.15, -0.1) is 0 Å². The first-order valence-corrected chi connectivity index (χ1v) is 13.7. The van der Waals surface area contributed by atoms with Gasteiger partial charge in [0, 0.05) is 18.8 Å². The fraction of sp³-hybridized carbons (Fsp3) is 0.548. The second-order valence-electron chi connectivity index (χ2n) is 9.21. The summed E-state index contributed by atoms with van der Waals surface area (Å²) in [6, 6.07) is 12.3. The number of aromatic nitrogens is 1. The Morgan fingerprint density at radius 2 is 1.57 bits per heavy atom. The topological polar surface area (TPSA) is 48.4 Å². The van der Waals surface area contributed by atoms with E-state index in [9.17, 15) is 4.79 Å². The summed E-state index contributed by atoms with van der Waals surface area (Å²) in [6.45, 7) is 6.12. The van der Waals surface area contributed by atoms with Crippen molar-refractivity contribution >= 4 is 5.97 Å². The van der Waals surface area contributed by atoms with Crippen LogP contribution in [-0.2, 0) is 16.0 Å². The van der Waals surface area contributed by atoms with Gasteiger partial charge in [0.25, 0.3) is 0 Å². The molecule has 0 aliphatic carbocycles. The van der Waals surface area contributed by atoms with Gasteiger partial charge in [-0.3, -0.25) is 9.78 Å². The number of carbonyl (C=O) groups excluding carboxylic acids is 1. The van der Waals surface area contributed by atoms with Crippen LogP contribution in [0.2, 0.25) is 0 Å². The van der Waals surface area contributed by atoms with E-state index < -0.39 is 0 Å². The average molecular weight is 480 g/mol. The molecular weight excluding hydrogens is 434 g/mol. The van der Waals surface area contributed by atoms with E-state index >= 15 is 0 Å². The molecule has 0 atom stereocenters. The third kappa shape index (κ3) is 13.3. The Morgan fingerprint density at radius 3 is 2.31 bits per heavy atom. The third-order valence-electron chi connectivity index (χ3n) is 6.00. The predicted octanol–water partition coefficient (Wildman–Crippen LogP) is 8.49. The van der Waals surface area contributed by atoms with Crippen molar-refractivity contribution in [3.05, 3.63) is 60.3 Å². The number of allylic oxidation sites excluding steroid dienone is 1. The number of nitrogens with zero attached hydrogens (tertiary/aromatic N) is 1. The molecule has 1 aromatic carbocycles. The number of benzene rings is 1. The Labute approximate surface area is 213 Å². The lowest BCUT2D eigenvalue weighted by Gasteiger charge is -2.06. The van der Waals surface area contributed by atoms with Crippen molar-refractivity contribution in [2.45, 2.75) is 97.3 Å². The molecule has 0 aliphatic rings. The molecule has 0 amide bonds.